The van der Waals surface area contributed by atoms with Crippen LogP contribution in [-0.4, -0.2) is 0 Å². The Morgan fingerprint density at radius 2 is 0.659 bits per heavy atom. The summed E-state index contributed by atoms with van der Waals surface area (Å²) in [5, 5.41) is 8.44. The summed E-state index contributed by atoms with van der Waals surface area (Å²) in [6.45, 7) is 4.44. The van der Waals surface area contributed by atoms with Gasteiger partial charge in [0.1, 0.15) is 0 Å². The Morgan fingerprint density at radius 3 is 0.951 bits per heavy atom. The number of aryl methyl sites for hydroxylation is 2. The molecule has 0 saturated heterocycles. The summed E-state index contributed by atoms with van der Waals surface area (Å²) in [7, 11) is -1.38. The fourth-order valence-electron chi connectivity index (χ4n) is 5.52. The molecule has 0 amide bonds. The third kappa shape index (κ3) is 6.26. The van der Waals surface area contributed by atoms with Gasteiger partial charge in [0.05, 0.1) is 0 Å². The lowest BCUT2D eigenvalue weighted by molar-refractivity contribution is 1.20. The van der Waals surface area contributed by atoms with Crippen LogP contribution in [0.4, 0.5) is 0 Å². The lowest BCUT2D eigenvalue weighted by Gasteiger charge is -2.25. The van der Waals surface area contributed by atoms with E-state index in [9.17, 15) is 0 Å². The van der Waals surface area contributed by atoms with E-state index in [0.29, 0.717) is 0 Å². The van der Waals surface area contributed by atoms with Gasteiger partial charge in [-0.3, -0.25) is 0 Å². The Balaban J connectivity index is 1.51. The first-order valence-electron chi connectivity index (χ1n) is 14.2. The number of benzene rings is 6. The molecular formula is C39H34P2. The Labute approximate surface area is 247 Å². The van der Waals surface area contributed by atoms with Crippen molar-refractivity contribution in [3.05, 3.63) is 180 Å². The first-order chi connectivity index (χ1) is 20.2. The third-order valence-corrected chi connectivity index (χ3v) is 12.5. The smallest absolute Gasteiger partial charge is 0.00124 e. The van der Waals surface area contributed by atoms with Crippen LogP contribution in [0.5, 0.6) is 0 Å². The first-order valence-corrected chi connectivity index (χ1v) is 16.9. The quantitative estimate of drug-likeness (QED) is 0.169. The SMILES string of the molecule is Cc1ccc(P(c2ccccc2)c2ccccc2)c(Cc2cc(C)ccc2P(c2ccccc2)c2ccccc2)c1. The molecule has 0 saturated carbocycles. The van der Waals surface area contributed by atoms with E-state index in [1.807, 2.05) is 0 Å². The van der Waals surface area contributed by atoms with Crippen molar-refractivity contribution < 1.29 is 0 Å². The number of hydrogen-bond acceptors (Lipinski definition) is 0. The maximum Gasteiger partial charge on any atom is -0.00124 e. The molecule has 0 heterocycles. The highest BCUT2D eigenvalue weighted by atomic mass is 31.1. The van der Waals surface area contributed by atoms with Gasteiger partial charge in [0, 0.05) is 0 Å². The van der Waals surface area contributed by atoms with E-state index in [0.717, 1.165) is 6.42 Å². The molecule has 0 unspecified atom stereocenters. The van der Waals surface area contributed by atoms with Crippen LogP contribution in [0.15, 0.2) is 158 Å². The van der Waals surface area contributed by atoms with Gasteiger partial charge in [-0.05, 0) is 79.1 Å². The second kappa shape index (κ2) is 12.8. The molecule has 0 aliphatic carbocycles. The Bertz CT molecular complexity index is 1500. The van der Waals surface area contributed by atoms with Gasteiger partial charge < -0.3 is 0 Å². The highest BCUT2D eigenvalue weighted by Crippen LogP contribution is 2.37. The monoisotopic (exact) mass is 564 g/mol. The predicted octanol–water partition coefficient (Wildman–Crippen LogP) is 7.41. The van der Waals surface area contributed by atoms with Crippen molar-refractivity contribution in [2.24, 2.45) is 0 Å². The Morgan fingerprint density at radius 1 is 0.366 bits per heavy atom. The molecule has 0 fully saturated rings. The molecule has 6 aromatic rings. The van der Waals surface area contributed by atoms with Gasteiger partial charge in [-0.2, -0.15) is 0 Å². The van der Waals surface area contributed by atoms with Crippen LogP contribution < -0.4 is 31.8 Å². The summed E-state index contributed by atoms with van der Waals surface area (Å²) in [5.74, 6) is 0. The average Bonchev–Trinajstić information content (AvgIpc) is 3.02. The van der Waals surface area contributed by atoms with Crippen molar-refractivity contribution in [1.29, 1.82) is 0 Å². The summed E-state index contributed by atoms with van der Waals surface area (Å²) in [5.41, 5.74) is 5.46. The zero-order chi connectivity index (χ0) is 28.0. The highest BCUT2D eigenvalue weighted by molar-refractivity contribution is 7.80. The highest BCUT2D eigenvalue weighted by Gasteiger charge is 2.23. The Kier molecular flexibility index (Phi) is 8.53. The summed E-state index contributed by atoms with van der Waals surface area (Å²) in [6.07, 6.45) is 0.908. The molecule has 6 aromatic carbocycles. The standard InChI is InChI=1S/C39H34P2/c1-30-23-25-38(40(34-15-7-3-8-16-34)35-17-9-4-10-18-35)32(27-30)29-33-28-31(2)24-26-39(33)41(36-19-11-5-12-20-36)37-21-13-6-14-22-37/h3-28H,29H2,1-2H3. The topological polar surface area (TPSA) is 0 Å². The van der Waals surface area contributed by atoms with Crippen molar-refractivity contribution in [3.8, 4) is 0 Å². The van der Waals surface area contributed by atoms with E-state index in [-0.39, 0.29) is 0 Å². The second-order valence-corrected chi connectivity index (χ2v) is 14.8. The van der Waals surface area contributed by atoms with Crippen LogP contribution in [0.2, 0.25) is 0 Å². The summed E-state index contributed by atoms with van der Waals surface area (Å²) in [4.78, 5) is 0. The fraction of sp³-hybridized carbons (Fsp3) is 0.0769. The van der Waals surface area contributed by atoms with E-state index < -0.39 is 15.8 Å². The minimum Gasteiger partial charge on any atom is -0.0622 e. The number of hydrogen-bond donors (Lipinski definition) is 0. The molecule has 0 spiro atoms. The van der Waals surface area contributed by atoms with Crippen LogP contribution in [0.1, 0.15) is 22.3 Å². The van der Waals surface area contributed by atoms with Crippen LogP contribution in [0, 0.1) is 13.8 Å². The zero-order valence-corrected chi connectivity index (χ0v) is 25.4. The molecule has 6 rings (SSSR count). The van der Waals surface area contributed by atoms with Gasteiger partial charge in [-0.15, -0.1) is 0 Å². The number of rotatable bonds is 8. The van der Waals surface area contributed by atoms with Crippen molar-refractivity contribution in [2.75, 3.05) is 0 Å². The Hall–Kier alpha value is -3.82. The van der Waals surface area contributed by atoms with Gasteiger partial charge >= 0.3 is 0 Å². The molecule has 0 nitrogen and oxygen atoms in total. The van der Waals surface area contributed by atoms with E-state index in [1.54, 1.807) is 0 Å². The fourth-order valence-corrected chi connectivity index (χ4v) is 10.4. The van der Waals surface area contributed by atoms with Gasteiger partial charge in [0.2, 0.25) is 0 Å². The second-order valence-electron chi connectivity index (χ2n) is 10.5. The van der Waals surface area contributed by atoms with Crippen LogP contribution in [-0.2, 0) is 6.42 Å². The van der Waals surface area contributed by atoms with Gasteiger partial charge in [0.15, 0.2) is 0 Å². The van der Waals surface area contributed by atoms with E-state index >= 15 is 0 Å². The lowest BCUT2D eigenvalue weighted by atomic mass is 10.0. The molecule has 0 N–H and O–H groups in total. The van der Waals surface area contributed by atoms with Gasteiger partial charge in [-0.1, -0.05) is 169 Å². The van der Waals surface area contributed by atoms with Crippen LogP contribution >= 0.6 is 15.8 Å². The normalized spacial score (nSPS) is 11.2. The average molecular weight is 565 g/mol. The maximum absolute atomic E-state index is 2.43. The minimum atomic E-state index is -0.690. The van der Waals surface area contributed by atoms with E-state index in [4.69, 9.17) is 0 Å². The molecule has 0 atom stereocenters. The minimum absolute atomic E-state index is 0.690. The largest absolute Gasteiger partial charge is 0.0622 e. The van der Waals surface area contributed by atoms with E-state index in [1.165, 1.54) is 54.1 Å². The molecule has 0 aliphatic heterocycles. The summed E-state index contributed by atoms with van der Waals surface area (Å²) >= 11 is 0. The van der Waals surface area contributed by atoms with Crippen LogP contribution in [0.3, 0.4) is 0 Å². The molecule has 0 aromatic heterocycles. The van der Waals surface area contributed by atoms with Gasteiger partial charge in [-0.25, -0.2) is 0 Å². The van der Waals surface area contributed by atoms with Crippen molar-refractivity contribution in [2.45, 2.75) is 20.3 Å². The molecule has 0 radical (unpaired) electrons. The zero-order valence-electron chi connectivity index (χ0n) is 23.6. The molecular weight excluding hydrogens is 530 g/mol. The molecule has 2 heteroatoms. The van der Waals surface area contributed by atoms with E-state index in [2.05, 4.69) is 172 Å². The van der Waals surface area contributed by atoms with Crippen molar-refractivity contribution in [3.63, 3.8) is 0 Å². The predicted molar refractivity (Wildman–Crippen MR) is 183 cm³/mol. The third-order valence-electron chi connectivity index (χ3n) is 7.39. The molecule has 0 bridgehead atoms. The summed E-state index contributed by atoms with van der Waals surface area (Å²) in [6, 6.07) is 58.4. The molecule has 200 valence electrons. The molecule has 0 aliphatic rings. The van der Waals surface area contributed by atoms with Crippen LogP contribution in [0.25, 0.3) is 0 Å². The van der Waals surface area contributed by atoms with Crippen molar-refractivity contribution >= 4 is 47.7 Å². The maximum atomic E-state index is 2.43. The van der Waals surface area contributed by atoms with Crippen molar-refractivity contribution in [1.82, 2.24) is 0 Å². The first kappa shape index (κ1) is 27.4. The summed E-state index contributed by atoms with van der Waals surface area (Å²) < 4.78 is 0. The molecule has 41 heavy (non-hydrogen) atoms. The lowest BCUT2D eigenvalue weighted by Crippen LogP contribution is -2.26. The van der Waals surface area contributed by atoms with Gasteiger partial charge in [0.25, 0.3) is 0 Å².